The molecule has 1 aromatic rings. The number of hydrogen-bond donors (Lipinski definition) is 2. The van der Waals surface area contributed by atoms with Gasteiger partial charge in [0.1, 0.15) is 0 Å². The summed E-state index contributed by atoms with van der Waals surface area (Å²) in [5, 5.41) is 1.08. The molecule has 0 aromatic heterocycles. The summed E-state index contributed by atoms with van der Waals surface area (Å²) in [5.74, 6) is 5.72. The molecule has 0 saturated carbocycles. The van der Waals surface area contributed by atoms with Crippen molar-refractivity contribution in [1.29, 1.82) is 0 Å². The Morgan fingerprint density at radius 1 is 1.45 bits per heavy atom. The van der Waals surface area contributed by atoms with Gasteiger partial charge < -0.3 is 4.74 Å². The predicted octanol–water partition coefficient (Wildman–Crippen LogP) is 2.61. The maximum Gasteiger partial charge on any atom is 0.0909 e. The monoisotopic (exact) mass is 317 g/mol. The van der Waals surface area contributed by atoms with E-state index in [-0.39, 0.29) is 12.1 Å². The van der Waals surface area contributed by atoms with Gasteiger partial charge in [-0.2, -0.15) is 0 Å². The topological polar surface area (TPSA) is 50.5 Å². The zero-order chi connectivity index (χ0) is 14.5. The lowest BCUT2D eigenvalue weighted by molar-refractivity contribution is -0.0471. The average molecular weight is 318 g/mol. The van der Waals surface area contributed by atoms with Crippen LogP contribution >= 0.6 is 23.2 Å². The second-order valence-corrected chi connectivity index (χ2v) is 5.84. The van der Waals surface area contributed by atoms with Crippen LogP contribution in [0, 0.1) is 0 Å². The van der Waals surface area contributed by atoms with E-state index in [2.05, 4.69) is 17.2 Å². The van der Waals surface area contributed by atoms with Crippen molar-refractivity contribution in [1.82, 2.24) is 10.3 Å². The summed E-state index contributed by atoms with van der Waals surface area (Å²) >= 11 is 12.0. The lowest BCUT2D eigenvalue weighted by Gasteiger charge is -2.36. The molecular formula is C14H21Cl2N3O. The Labute approximate surface area is 130 Å². The summed E-state index contributed by atoms with van der Waals surface area (Å²) in [6.45, 7) is 5.83. The van der Waals surface area contributed by atoms with Crippen molar-refractivity contribution in [2.75, 3.05) is 26.2 Å². The van der Waals surface area contributed by atoms with Gasteiger partial charge in [-0.1, -0.05) is 36.2 Å². The molecular weight excluding hydrogens is 297 g/mol. The number of nitrogens with one attached hydrogen (secondary N) is 1. The molecule has 6 heteroatoms. The van der Waals surface area contributed by atoms with Crippen LogP contribution in [-0.4, -0.2) is 37.2 Å². The Hall–Kier alpha value is -0.360. The minimum atomic E-state index is -0.0931. The van der Waals surface area contributed by atoms with Crippen molar-refractivity contribution >= 4 is 23.2 Å². The molecule has 0 aliphatic carbocycles. The number of benzene rings is 1. The van der Waals surface area contributed by atoms with Crippen LogP contribution in [0.3, 0.4) is 0 Å². The van der Waals surface area contributed by atoms with Crippen LogP contribution < -0.4 is 11.3 Å². The molecule has 2 unspecified atom stereocenters. The summed E-state index contributed by atoms with van der Waals surface area (Å²) in [4.78, 5) is 2.40. The third kappa shape index (κ3) is 3.85. The number of ether oxygens (including phenoxy) is 1. The molecule has 2 atom stereocenters. The number of hydrogen-bond acceptors (Lipinski definition) is 4. The van der Waals surface area contributed by atoms with Crippen molar-refractivity contribution in [3.63, 3.8) is 0 Å². The van der Waals surface area contributed by atoms with Gasteiger partial charge >= 0.3 is 0 Å². The molecule has 1 aliphatic heterocycles. The molecule has 0 spiro atoms. The van der Waals surface area contributed by atoms with Gasteiger partial charge in [-0.25, -0.2) is 0 Å². The molecule has 1 heterocycles. The molecule has 1 fully saturated rings. The molecule has 20 heavy (non-hydrogen) atoms. The van der Waals surface area contributed by atoms with Gasteiger partial charge in [0, 0.05) is 13.1 Å². The fourth-order valence-electron chi connectivity index (χ4n) is 2.58. The molecule has 0 radical (unpaired) electrons. The highest BCUT2D eigenvalue weighted by molar-refractivity contribution is 6.42. The molecule has 2 rings (SSSR count). The zero-order valence-corrected chi connectivity index (χ0v) is 13.1. The predicted molar refractivity (Wildman–Crippen MR) is 83.0 cm³/mol. The quantitative estimate of drug-likeness (QED) is 0.647. The molecule has 4 nitrogen and oxygen atoms in total. The molecule has 112 valence electrons. The largest absolute Gasteiger partial charge is 0.374 e. The summed E-state index contributed by atoms with van der Waals surface area (Å²) < 4.78 is 5.87. The molecule has 0 amide bonds. The van der Waals surface area contributed by atoms with Gasteiger partial charge in [-0.15, -0.1) is 0 Å². The molecule has 1 aliphatic rings. The Bertz CT molecular complexity index is 442. The maximum absolute atomic E-state index is 6.08. The summed E-state index contributed by atoms with van der Waals surface area (Å²) in [7, 11) is 0. The van der Waals surface area contributed by atoms with Crippen LogP contribution in [0.1, 0.15) is 24.9 Å². The maximum atomic E-state index is 6.08. The van der Waals surface area contributed by atoms with E-state index in [1.54, 1.807) is 6.07 Å². The summed E-state index contributed by atoms with van der Waals surface area (Å²) in [5.41, 5.74) is 3.83. The van der Waals surface area contributed by atoms with Crippen LogP contribution in [0.5, 0.6) is 0 Å². The van der Waals surface area contributed by atoms with Gasteiger partial charge in [-0.3, -0.25) is 16.2 Å². The second-order valence-electron chi connectivity index (χ2n) is 5.03. The van der Waals surface area contributed by atoms with E-state index in [9.17, 15) is 0 Å². The minimum absolute atomic E-state index is 0.0116. The smallest absolute Gasteiger partial charge is 0.0909 e. The first-order valence-electron chi connectivity index (χ1n) is 6.90. The van der Waals surface area contributed by atoms with Crippen molar-refractivity contribution in [3.8, 4) is 0 Å². The van der Waals surface area contributed by atoms with E-state index >= 15 is 0 Å². The highest BCUT2D eigenvalue weighted by Crippen LogP contribution is 2.28. The third-order valence-corrected chi connectivity index (χ3v) is 4.31. The summed E-state index contributed by atoms with van der Waals surface area (Å²) in [6.07, 6.45) is 1.15. The number of halogens is 2. The van der Waals surface area contributed by atoms with Crippen LogP contribution in [0.2, 0.25) is 10.0 Å². The second kappa shape index (κ2) is 7.59. The third-order valence-electron chi connectivity index (χ3n) is 3.57. The number of nitrogens with zero attached hydrogens (tertiary/aromatic N) is 1. The number of morpholine rings is 1. The Balaban J connectivity index is 2.12. The van der Waals surface area contributed by atoms with E-state index in [1.807, 2.05) is 12.1 Å². The van der Waals surface area contributed by atoms with Crippen LogP contribution in [0.25, 0.3) is 0 Å². The van der Waals surface area contributed by atoms with Gasteiger partial charge in [0.2, 0.25) is 0 Å². The lowest BCUT2D eigenvalue weighted by Crippen LogP contribution is -2.49. The first-order valence-corrected chi connectivity index (χ1v) is 7.66. The van der Waals surface area contributed by atoms with Crippen LogP contribution in [0.15, 0.2) is 18.2 Å². The van der Waals surface area contributed by atoms with E-state index in [1.165, 1.54) is 0 Å². The van der Waals surface area contributed by atoms with Crippen molar-refractivity contribution < 1.29 is 4.74 Å². The van der Waals surface area contributed by atoms with Gasteiger partial charge in [-0.05, 0) is 30.7 Å². The molecule has 0 bridgehead atoms. The Kier molecular flexibility index (Phi) is 6.08. The molecule has 1 aromatic carbocycles. The van der Waals surface area contributed by atoms with Gasteiger partial charge in [0.05, 0.1) is 28.8 Å². The fraction of sp³-hybridized carbons (Fsp3) is 0.571. The zero-order valence-electron chi connectivity index (χ0n) is 11.6. The lowest BCUT2D eigenvalue weighted by atomic mass is 10.0. The van der Waals surface area contributed by atoms with Crippen molar-refractivity contribution in [2.45, 2.75) is 25.5 Å². The first-order chi connectivity index (χ1) is 9.65. The van der Waals surface area contributed by atoms with Gasteiger partial charge in [0.25, 0.3) is 0 Å². The van der Waals surface area contributed by atoms with Crippen molar-refractivity contribution in [3.05, 3.63) is 33.8 Å². The first kappa shape index (κ1) is 16.0. The van der Waals surface area contributed by atoms with Crippen LogP contribution in [0.4, 0.5) is 0 Å². The minimum Gasteiger partial charge on any atom is -0.374 e. The normalized spacial score (nSPS) is 21.9. The average Bonchev–Trinajstić information content (AvgIpc) is 2.44. The van der Waals surface area contributed by atoms with E-state index in [0.717, 1.165) is 38.2 Å². The van der Waals surface area contributed by atoms with E-state index in [0.29, 0.717) is 10.0 Å². The number of nitrogens with two attached hydrogens (primary N) is 1. The Morgan fingerprint density at radius 3 is 2.90 bits per heavy atom. The fourth-order valence-corrected chi connectivity index (χ4v) is 2.88. The Morgan fingerprint density at radius 2 is 2.25 bits per heavy atom. The highest BCUT2D eigenvalue weighted by Gasteiger charge is 2.28. The number of hydrazine groups is 1. The van der Waals surface area contributed by atoms with E-state index in [4.69, 9.17) is 33.8 Å². The van der Waals surface area contributed by atoms with E-state index < -0.39 is 0 Å². The summed E-state index contributed by atoms with van der Waals surface area (Å²) in [6, 6.07) is 5.47. The van der Waals surface area contributed by atoms with Crippen molar-refractivity contribution in [2.24, 2.45) is 5.84 Å². The highest BCUT2D eigenvalue weighted by atomic mass is 35.5. The standard InChI is InChI=1S/C14H21Cl2N3O/c1-2-5-19-6-7-20-13(9-19)14(18-17)10-3-4-11(15)12(16)8-10/h3-4,8,13-14,18H,2,5-7,9,17H2,1H3. The number of rotatable bonds is 5. The molecule has 3 N–H and O–H groups in total. The van der Waals surface area contributed by atoms with Gasteiger partial charge in [0.15, 0.2) is 0 Å². The van der Waals surface area contributed by atoms with Crippen LogP contribution in [-0.2, 0) is 4.74 Å². The SMILES string of the molecule is CCCN1CCOC(C(NN)c2ccc(Cl)c(Cl)c2)C1. The molecule has 1 saturated heterocycles.